The Kier molecular flexibility index (Phi) is 27.7. The minimum absolute atomic E-state index is 0.0356. The number of benzene rings is 5. The summed E-state index contributed by atoms with van der Waals surface area (Å²) in [5.41, 5.74) is 3.14. The number of nitrogens with zero attached hydrogens (tertiary/aromatic N) is 10. The fraction of sp³-hybridized carbons (Fsp3) is 0.255. The smallest absolute Gasteiger partial charge is 0.425 e. The predicted octanol–water partition coefficient (Wildman–Crippen LogP) is 8.90. The number of thioether (sulfide) groups is 1. The van der Waals surface area contributed by atoms with Gasteiger partial charge >= 0.3 is 31.8 Å². The highest BCUT2D eigenvalue weighted by molar-refractivity contribution is 7.99. The first-order valence-electron chi connectivity index (χ1n) is 24.4. The molecule has 0 unspecified atom stereocenters. The molecule has 0 aliphatic heterocycles. The molecule has 8 aromatic rings. The molecule has 0 saturated carbocycles. The van der Waals surface area contributed by atoms with Crippen molar-refractivity contribution in [2.24, 2.45) is 30.7 Å². The number of azo groups is 3. The van der Waals surface area contributed by atoms with Gasteiger partial charge in [-0.2, -0.15) is 44.0 Å². The molecule has 44 heteroatoms. The lowest BCUT2D eigenvalue weighted by Crippen LogP contribution is -2.08. The second-order valence-corrected chi connectivity index (χ2v) is 27.3. The largest absolute Gasteiger partial charge is 0.493 e. The van der Waals surface area contributed by atoms with Gasteiger partial charge in [0.15, 0.2) is 11.3 Å². The molecular formula is C47H45ClN10O24S9. The van der Waals surface area contributed by atoms with Crippen molar-refractivity contribution < 1.29 is 104 Å². The number of aryl methyl sites for hydroxylation is 1. The molecule has 5 aromatic carbocycles. The Morgan fingerprint density at radius 2 is 1.26 bits per heavy atom. The summed E-state index contributed by atoms with van der Waals surface area (Å²) in [6.07, 6.45) is 1.32. The first-order chi connectivity index (χ1) is 42.3. The average molecular weight is 1460 g/mol. The lowest BCUT2D eigenvalue weighted by Gasteiger charge is -2.12. The summed E-state index contributed by atoms with van der Waals surface area (Å²) < 4.78 is 215. The molecule has 91 heavy (non-hydrogen) atoms. The molecule has 8 rings (SSSR count). The monoisotopic (exact) mass is 1460 g/mol. The SMILES string of the molecule is CCCOc1cc2cccc(S(=O)(=O)O)c2c2sc(N=Nc3cc(SCCCS(=O)(=O)O)c(N=Nc4cc(OCCCS(=O)(=O)O)c(N=Nc5c(C)c(C#N)c6nc7ccccc7n6c5O)cc4C)cc3Cl)nc12.CS(=O)(=O)O.O=S(=O)=O.O=S(=O)=O.O=S(=O)=O. The van der Waals surface area contributed by atoms with Crippen molar-refractivity contribution >= 4 is 178 Å². The minimum atomic E-state index is -4.65. The number of nitriles is 1. The van der Waals surface area contributed by atoms with Gasteiger partial charge in [0.25, 0.3) is 40.5 Å². The molecule has 488 valence electrons. The van der Waals surface area contributed by atoms with Crippen molar-refractivity contribution in [2.45, 2.75) is 49.8 Å². The van der Waals surface area contributed by atoms with Gasteiger partial charge < -0.3 is 14.6 Å². The lowest BCUT2D eigenvalue weighted by atomic mass is 10.1. The third-order valence-corrected chi connectivity index (χ3v) is 15.8. The molecule has 3 aromatic heterocycles. The van der Waals surface area contributed by atoms with E-state index in [1.807, 2.05) is 6.92 Å². The van der Waals surface area contributed by atoms with Crippen LogP contribution < -0.4 is 9.47 Å². The summed E-state index contributed by atoms with van der Waals surface area (Å²) in [6.45, 7) is 5.32. The molecule has 0 aliphatic carbocycles. The van der Waals surface area contributed by atoms with Crippen molar-refractivity contribution in [3.63, 3.8) is 0 Å². The van der Waals surface area contributed by atoms with Crippen LogP contribution in [0.15, 0.2) is 113 Å². The molecule has 3 heterocycles. The van der Waals surface area contributed by atoms with Gasteiger partial charge in [-0.25, -0.2) is 9.97 Å². The number of halogens is 1. The highest BCUT2D eigenvalue weighted by Gasteiger charge is 2.24. The Labute approximate surface area is 533 Å². The fourth-order valence-electron chi connectivity index (χ4n) is 7.49. The van der Waals surface area contributed by atoms with Crippen LogP contribution in [0.4, 0.5) is 33.6 Å². The van der Waals surface area contributed by atoms with Crippen molar-refractivity contribution in [3.8, 4) is 23.4 Å². The van der Waals surface area contributed by atoms with E-state index >= 15 is 0 Å². The number of thiazole rings is 1. The maximum absolute atomic E-state index is 12.5. The quantitative estimate of drug-likeness (QED) is 0.0206. The van der Waals surface area contributed by atoms with E-state index in [0.29, 0.717) is 67.7 Å². The van der Waals surface area contributed by atoms with Crippen LogP contribution in [0.1, 0.15) is 42.9 Å². The highest BCUT2D eigenvalue weighted by Crippen LogP contribution is 2.46. The average Bonchev–Trinajstić information content (AvgIpc) is 1.68. The number of hydrogen-bond donors (Lipinski definition) is 5. The Bertz CT molecular complexity index is 4980. The number of ether oxygens (including phenoxy) is 2. The van der Waals surface area contributed by atoms with Crippen molar-refractivity contribution in [3.05, 3.63) is 94.5 Å². The predicted molar refractivity (Wildman–Crippen MR) is 327 cm³/mol. The first-order valence-corrected chi connectivity index (χ1v) is 36.1. The second-order valence-electron chi connectivity index (χ2n) is 17.6. The van der Waals surface area contributed by atoms with Gasteiger partial charge in [0, 0.05) is 21.9 Å². The number of rotatable bonds is 20. The van der Waals surface area contributed by atoms with E-state index in [-0.39, 0.29) is 96.9 Å². The Balaban J connectivity index is 0.000000924. The van der Waals surface area contributed by atoms with E-state index < -0.39 is 83.8 Å². The normalized spacial score (nSPS) is 11.7. The summed E-state index contributed by atoms with van der Waals surface area (Å²) >= 11 is 8.95. The van der Waals surface area contributed by atoms with E-state index in [2.05, 4.69) is 46.7 Å². The van der Waals surface area contributed by atoms with E-state index in [9.17, 15) is 57.7 Å². The zero-order chi connectivity index (χ0) is 68.3. The molecule has 0 fully saturated rings. The molecule has 0 amide bonds. The molecule has 0 saturated heterocycles. The van der Waals surface area contributed by atoms with Crippen LogP contribution in [0.25, 0.3) is 37.7 Å². The summed E-state index contributed by atoms with van der Waals surface area (Å²) in [5.74, 6) is -0.864. The Morgan fingerprint density at radius 3 is 1.86 bits per heavy atom. The molecule has 0 spiro atoms. The van der Waals surface area contributed by atoms with Gasteiger partial charge in [-0.1, -0.05) is 54.1 Å². The molecular weight excluding hydrogens is 1410 g/mol. The topological polar surface area (TPSA) is 538 Å². The lowest BCUT2D eigenvalue weighted by molar-refractivity contribution is 0.317. The van der Waals surface area contributed by atoms with Crippen LogP contribution >= 0.6 is 34.7 Å². The van der Waals surface area contributed by atoms with Gasteiger partial charge in [0.1, 0.15) is 50.6 Å². The van der Waals surface area contributed by atoms with Crippen LogP contribution in [-0.2, 0) is 72.3 Å². The Morgan fingerprint density at radius 1 is 0.692 bits per heavy atom. The maximum atomic E-state index is 12.5. The molecule has 0 radical (unpaired) electrons. The number of aromatic hydroxyl groups is 1. The number of aromatic nitrogens is 3. The summed E-state index contributed by atoms with van der Waals surface area (Å²) in [7, 11) is -26.2. The van der Waals surface area contributed by atoms with Gasteiger partial charge in [-0.15, -0.1) is 75.2 Å². The van der Waals surface area contributed by atoms with E-state index in [0.717, 1.165) is 23.1 Å². The van der Waals surface area contributed by atoms with E-state index in [4.69, 9.17) is 63.5 Å². The van der Waals surface area contributed by atoms with Crippen LogP contribution in [0.3, 0.4) is 0 Å². The molecule has 0 bridgehead atoms. The first kappa shape index (κ1) is 75.5. The van der Waals surface area contributed by atoms with Gasteiger partial charge in [0.2, 0.25) is 11.0 Å². The fourth-order valence-corrected chi connectivity index (χ4v) is 11.6. The van der Waals surface area contributed by atoms with Gasteiger partial charge in [-0.05, 0) is 92.3 Å². The minimum Gasteiger partial charge on any atom is -0.493 e. The maximum Gasteiger partial charge on any atom is 0.425 e. The van der Waals surface area contributed by atoms with Gasteiger partial charge in [0.05, 0.1) is 57.4 Å². The van der Waals surface area contributed by atoms with Crippen LogP contribution in [0, 0.1) is 25.2 Å². The highest BCUT2D eigenvalue weighted by atomic mass is 35.5. The van der Waals surface area contributed by atoms with Crippen LogP contribution in [0.2, 0.25) is 5.02 Å². The summed E-state index contributed by atoms with van der Waals surface area (Å²) in [5, 5.41) is 48.9. The van der Waals surface area contributed by atoms with Crippen molar-refractivity contribution in [1.29, 1.82) is 5.26 Å². The third kappa shape index (κ3) is 24.0. The van der Waals surface area contributed by atoms with Gasteiger partial charge in [-0.3, -0.25) is 22.6 Å². The molecule has 0 aliphatic rings. The number of fused-ring (bicyclic) bond motifs is 6. The third-order valence-electron chi connectivity index (χ3n) is 10.9. The number of pyridine rings is 1. The standard InChI is InChI=1S/C46H41ClN10O12S5.CH4O3S.3O3S/c1-4-14-68-37-20-27-10-7-13-39(74(65,66)67)40(27)43-42(37)50-46(71-43)56-52-32-23-38(70-16-9-18-73(62,63)64)34(21-29(32)47)54-51-31-22-36(69-15-8-17-72(59,60)61)33(19-25(31)2)53-55-41-26(3)28(24-48)44-49-30-11-5-6-12-35(30)57(44)45(41)58;1-5(2,3)4;3*1-4(2)3/h5-7,10-13,19-23,58H,4,8-9,14-18H2,1-3H3,(H,59,60,61)(H,62,63,64)(H,65,66,67);1H3,(H,2,3,4);;;. The molecule has 34 nitrogen and oxygen atoms in total. The number of para-hydroxylation sites is 2. The summed E-state index contributed by atoms with van der Waals surface area (Å²) in [4.78, 5) is 9.20. The van der Waals surface area contributed by atoms with E-state index in [1.165, 1.54) is 34.7 Å². The zero-order valence-electron chi connectivity index (χ0n) is 46.6. The zero-order valence-corrected chi connectivity index (χ0v) is 54.7. The van der Waals surface area contributed by atoms with Crippen LogP contribution in [0.5, 0.6) is 17.4 Å². The molecule has 5 N–H and O–H groups in total. The van der Waals surface area contributed by atoms with Crippen LogP contribution in [-0.4, -0.2) is 146 Å². The summed E-state index contributed by atoms with van der Waals surface area (Å²) in [6, 6.07) is 21.2. The number of imidazole rings is 1. The van der Waals surface area contributed by atoms with E-state index in [1.54, 1.807) is 56.3 Å². The van der Waals surface area contributed by atoms with Crippen molar-refractivity contribution in [1.82, 2.24) is 14.4 Å². The Hall–Kier alpha value is -7.97. The second kappa shape index (κ2) is 33.4. The number of hydrogen-bond acceptors (Lipinski definition) is 31. The molecule has 0 atom stereocenters. The van der Waals surface area contributed by atoms with Crippen molar-refractivity contribution in [2.75, 3.05) is 36.7 Å².